The van der Waals surface area contributed by atoms with E-state index < -0.39 is 0 Å². The molecule has 1 heteroatoms. The first-order valence-electron chi connectivity index (χ1n) is 3.49. The summed E-state index contributed by atoms with van der Waals surface area (Å²) in [6.45, 7) is 12.8. The molecule has 0 atom stereocenters. The van der Waals surface area contributed by atoms with E-state index in [1.165, 1.54) is 19.5 Å². The molecule has 0 saturated heterocycles. The minimum absolute atomic E-state index is 1.17. The third kappa shape index (κ3) is 11.3. The molecular weight excluding hydrogens is 110 g/mol. The number of hydrogen-bond acceptors (Lipinski definition) is 1. The molecule has 0 aliphatic heterocycles. The molecule has 0 saturated carbocycles. The molecule has 0 N–H and O–H groups in total. The Morgan fingerprint density at radius 1 is 1.22 bits per heavy atom. The minimum Gasteiger partial charge on any atom is -0.307 e. The Morgan fingerprint density at radius 2 is 1.67 bits per heavy atom. The fourth-order valence-corrected chi connectivity index (χ4v) is 0.540. The normalized spacial score (nSPS) is 8.44. The molecule has 0 aliphatic carbocycles. The molecule has 0 radical (unpaired) electrons. The maximum absolute atomic E-state index is 3.00. The van der Waals surface area contributed by atoms with E-state index in [0.717, 1.165) is 0 Å². The molecule has 0 unspecified atom stereocenters. The minimum atomic E-state index is 1.17. The van der Waals surface area contributed by atoms with Gasteiger partial charge in [0.05, 0.1) is 0 Å². The van der Waals surface area contributed by atoms with Crippen molar-refractivity contribution < 1.29 is 0 Å². The molecule has 9 heavy (non-hydrogen) atoms. The van der Waals surface area contributed by atoms with Crippen LogP contribution in [0.25, 0.3) is 0 Å². The van der Waals surface area contributed by atoms with Crippen molar-refractivity contribution >= 4 is 0 Å². The lowest BCUT2D eigenvalue weighted by Gasteiger charge is -2.10. The predicted octanol–water partition coefficient (Wildman–Crippen LogP) is 2.15. The summed E-state index contributed by atoms with van der Waals surface area (Å²) in [6, 6.07) is 0. The van der Waals surface area contributed by atoms with Gasteiger partial charge in [0, 0.05) is 0 Å². The molecule has 0 aromatic carbocycles. The van der Waals surface area contributed by atoms with E-state index >= 15 is 0 Å². The van der Waals surface area contributed by atoms with Crippen molar-refractivity contribution in [3.05, 3.63) is 13.2 Å². The van der Waals surface area contributed by atoms with Gasteiger partial charge in [-0.05, 0) is 26.6 Å². The smallest absolute Gasteiger partial charge is 0.00245 e. The fraction of sp³-hybridized carbons (Fsp3) is 0.750. The third-order valence-corrected chi connectivity index (χ3v) is 1.15. The second kappa shape index (κ2) is 10.6. The van der Waals surface area contributed by atoms with Crippen LogP contribution in [0.3, 0.4) is 0 Å². The summed E-state index contributed by atoms with van der Waals surface area (Å²) in [5.41, 5.74) is 0. The number of hydrogen-bond donors (Lipinski definition) is 0. The molecule has 0 spiro atoms. The van der Waals surface area contributed by atoms with Gasteiger partial charge in [-0.1, -0.05) is 13.8 Å². The van der Waals surface area contributed by atoms with E-state index in [4.69, 9.17) is 0 Å². The molecule has 0 rings (SSSR count). The summed E-state index contributed by atoms with van der Waals surface area (Å²) in [5, 5.41) is 0. The van der Waals surface area contributed by atoms with E-state index in [1.807, 2.05) is 0 Å². The first kappa shape index (κ1) is 11.5. The molecule has 0 heterocycles. The molecule has 0 aromatic rings. The average Bonchev–Trinajstić information content (AvgIpc) is 1.93. The Hall–Kier alpha value is -0.300. The van der Waals surface area contributed by atoms with E-state index in [1.54, 1.807) is 0 Å². The Labute approximate surface area is 59.4 Å². The number of nitrogens with zero attached hydrogens (tertiary/aromatic N) is 1. The highest BCUT2D eigenvalue weighted by Gasteiger charge is 1.86. The Bertz CT molecular complexity index is 43.8. The van der Waals surface area contributed by atoms with E-state index in [-0.39, 0.29) is 0 Å². The standard InChI is InChI=1S/C6H15N.C2H4/c1-4-6-7(3)5-2;1-2/h4-6H2,1-3H3;1-2H2. The summed E-state index contributed by atoms with van der Waals surface area (Å²) >= 11 is 0. The predicted molar refractivity (Wildman–Crippen MR) is 44.7 cm³/mol. The van der Waals surface area contributed by atoms with Crippen LogP contribution in [0.5, 0.6) is 0 Å². The molecule has 0 aromatic heterocycles. The van der Waals surface area contributed by atoms with Crippen molar-refractivity contribution in [3.8, 4) is 0 Å². The fourth-order valence-electron chi connectivity index (χ4n) is 0.540. The highest BCUT2D eigenvalue weighted by atomic mass is 15.1. The average molecular weight is 129 g/mol. The summed E-state index contributed by atoms with van der Waals surface area (Å²) in [7, 11) is 2.14. The zero-order valence-electron chi connectivity index (χ0n) is 6.98. The summed E-state index contributed by atoms with van der Waals surface area (Å²) in [5.74, 6) is 0. The first-order chi connectivity index (χ1) is 4.31. The maximum Gasteiger partial charge on any atom is -0.00245 e. The summed E-state index contributed by atoms with van der Waals surface area (Å²) in [4.78, 5) is 2.31. The van der Waals surface area contributed by atoms with Crippen LogP contribution in [-0.2, 0) is 0 Å². The quantitative estimate of drug-likeness (QED) is 0.528. The maximum atomic E-state index is 3.00. The van der Waals surface area contributed by atoms with Gasteiger partial charge in [0.15, 0.2) is 0 Å². The topological polar surface area (TPSA) is 3.24 Å². The SMILES string of the molecule is C=C.CCCN(C)CC. The highest BCUT2D eigenvalue weighted by Crippen LogP contribution is 1.81. The van der Waals surface area contributed by atoms with Crippen LogP contribution >= 0.6 is 0 Å². The van der Waals surface area contributed by atoms with Gasteiger partial charge in [0.25, 0.3) is 0 Å². The third-order valence-electron chi connectivity index (χ3n) is 1.15. The molecule has 0 fully saturated rings. The van der Waals surface area contributed by atoms with Crippen molar-refractivity contribution in [2.75, 3.05) is 20.1 Å². The zero-order chi connectivity index (χ0) is 7.70. The van der Waals surface area contributed by atoms with E-state index in [0.29, 0.717) is 0 Å². The molecule has 56 valence electrons. The molecule has 0 amide bonds. The van der Waals surface area contributed by atoms with Gasteiger partial charge in [-0.15, -0.1) is 13.2 Å². The van der Waals surface area contributed by atoms with Crippen molar-refractivity contribution in [1.29, 1.82) is 0 Å². The van der Waals surface area contributed by atoms with E-state index in [9.17, 15) is 0 Å². The molecular formula is C8H19N. The monoisotopic (exact) mass is 129 g/mol. The van der Waals surface area contributed by atoms with Crippen LogP contribution in [0, 0.1) is 0 Å². The summed E-state index contributed by atoms with van der Waals surface area (Å²) in [6.07, 6.45) is 1.27. The highest BCUT2D eigenvalue weighted by molar-refractivity contribution is 4.41. The number of rotatable bonds is 3. The van der Waals surface area contributed by atoms with Crippen molar-refractivity contribution in [2.45, 2.75) is 20.3 Å². The Morgan fingerprint density at radius 3 is 1.78 bits per heavy atom. The van der Waals surface area contributed by atoms with Gasteiger partial charge in [-0.25, -0.2) is 0 Å². The Balaban J connectivity index is 0. The second-order valence-electron chi connectivity index (χ2n) is 1.90. The largest absolute Gasteiger partial charge is 0.307 e. The second-order valence-corrected chi connectivity index (χ2v) is 1.90. The lowest BCUT2D eigenvalue weighted by molar-refractivity contribution is 0.353. The van der Waals surface area contributed by atoms with Gasteiger partial charge in [-0.2, -0.15) is 0 Å². The molecule has 0 aliphatic rings. The summed E-state index contributed by atoms with van der Waals surface area (Å²) < 4.78 is 0. The lowest BCUT2D eigenvalue weighted by Crippen LogP contribution is -2.17. The van der Waals surface area contributed by atoms with Gasteiger partial charge in [0.1, 0.15) is 0 Å². The zero-order valence-corrected chi connectivity index (χ0v) is 6.98. The van der Waals surface area contributed by atoms with E-state index in [2.05, 4.69) is 39.0 Å². The molecule has 1 nitrogen and oxygen atoms in total. The van der Waals surface area contributed by atoms with Crippen LogP contribution in [0.15, 0.2) is 13.2 Å². The lowest BCUT2D eigenvalue weighted by atomic mass is 10.4. The van der Waals surface area contributed by atoms with Crippen LogP contribution in [-0.4, -0.2) is 25.0 Å². The van der Waals surface area contributed by atoms with Gasteiger partial charge in [0.2, 0.25) is 0 Å². The van der Waals surface area contributed by atoms with Gasteiger partial charge in [-0.3, -0.25) is 0 Å². The van der Waals surface area contributed by atoms with Crippen molar-refractivity contribution in [2.24, 2.45) is 0 Å². The molecule has 0 bridgehead atoms. The Kier molecular flexibility index (Phi) is 13.6. The first-order valence-corrected chi connectivity index (χ1v) is 3.49. The van der Waals surface area contributed by atoms with Crippen LogP contribution in [0.1, 0.15) is 20.3 Å². The van der Waals surface area contributed by atoms with Crippen LogP contribution in [0.2, 0.25) is 0 Å². The van der Waals surface area contributed by atoms with Crippen LogP contribution in [0.4, 0.5) is 0 Å². The van der Waals surface area contributed by atoms with Gasteiger partial charge < -0.3 is 4.90 Å². The van der Waals surface area contributed by atoms with Crippen molar-refractivity contribution in [1.82, 2.24) is 4.90 Å². The van der Waals surface area contributed by atoms with Crippen LogP contribution < -0.4 is 0 Å². The van der Waals surface area contributed by atoms with Gasteiger partial charge >= 0.3 is 0 Å². The van der Waals surface area contributed by atoms with Crippen molar-refractivity contribution in [3.63, 3.8) is 0 Å².